The molecule has 0 saturated carbocycles. The standard InChI is InChI=1S/C27H35N3O5/c1-18(2)15-21(25-23(35-25)14-13-19-9-5-3-6-10-19)29-26(32)22(16-24(28)31)30-27(33)34-17-20-11-7-4-8-12-20/h3-12,18,21-23,25H,13-17H2,1-2H3,(H2,28,31)(H,29,32)(H,30,33)/t21?,22-,23?,25?/m1/s1. The molecule has 1 aliphatic rings. The summed E-state index contributed by atoms with van der Waals surface area (Å²) in [6, 6.07) is 18.0. The summed E-state index contributed by atoms with van der Waals surface area (Å²) in [6.07, 6.45) is 1.28. The first-order valence-electron chi connectivity index (χ1n) is 12.1. The Labute approximate surface area is 206 Å². The van der Waals surface area contributed by atoms with E-state index in [9.17, 15) is 14.4 Å². The van der Waals surface area contributed by atoms with Crippen LogP contribution in [0.5, 0.6) is 0 Å². The molecule has 8 nitrogen and oxygen atoms in total. The highest BCUT2D eigenvalue weighted by Gasteiger charge is 2.45. The molecule has 2 aromatic rings. The Kier molecular flexibility index (Phi) is 9.66. The molecule has 0 radical (unpaired) electrons. The van der Waals surface area contributed by atoms with Gasteiger partial charge in [0.2, 0.25) is 11.8 Å². The van der Waals surface area contributed by atoms with Crippen LogP contribution in [0.25, 0.3) is 0 Å². The Balaban J connectivity index is 1.55. The number of benzene rings is 2. The van der Waals surface area contributed by atoms with Gasteiger partial charge < -0.3 is 25.8 Å². The van der Waals surface area contributed by atoms with Gasteiger partial charge in [-0.05, 0) is 36.3 Å². The lowest BCUT2D eigenvalue weighted by Crippen LogP contribution is -2.52. The highest BCUT2D eigenvalue weighted by atomic mass is 16.6. The van der Waals surface area contributed by atoms with Crippen LogP contribution in [0.3, 0.4) is 0 Å². The Hall–Kier alpha value is -3.39. The maximum Gasteiger partial charge on any atom is 0.408 e. The fraction of sp³-hybridized carbons (Fsp3) is 0.444. The number of nitrogens with one attached hydrogen (secondary N) is 2. The van der Waals surface area contributed by atoms with Crippen LogP contribution in [0.15, 0.2) is 60.7 Å². The number of carbonyl (C=O) groups excluding carboxylic acids is 3. The van der Waals surface area contributed by atoms with E-state index in [2.05, 4.69) is 36.6 Å². The molecule has 2 aromatic carbocycles. The van der Waals surface area contributed by atoms with E-state index in [0.29, 0.717) is 12.3 Å². The van der Waals surface area contributed by atoms with Crippen molar-refractivity contribution in [3.05, 3.63) is 71.8 Å². The SMILES string of the molecule is CC(C)CC(NC(=O)[C@@H](CC(N)=O)NC(=O)OCc1ccccc1)C1OC1CCc1ccccc1. The average molecular weight is 482 g/mol. The van der Waals surface area contributed by atoms with Crippen molar-refractivity contribution in [3.8, 4) is 0 Å². The lowest BCUT2D eigenvalue weighted by Gasteiger charge is -2.23. The second-order valence-corrected chi connectivity index (χ2v) is 9.34. The second kappa shape index (κ2) is 12.9. The molecule has 3 amide bonds. The van der Waals surface area contributed by atoms with E-state index in [1.54, 1.807) is 0 Å². The Bertz CT molecular complexity index is 967. The maximum absolute atomic E-state index is 13.1. The Morgan fingerprint density at radius 2 is 1.60 bits per heavy atom. The number of rotatable bonds is 13. The molecule has 35 heavy (non-hydrogen) atoms. The van der Waals surface area contributed by atoms with Crippen LogP contribution in [0.2, 0.25) is 0 Å². The minimum absolute atomic E-state index is 0.0482. The summed E-state index contributed by atoms with van der Waals surface area (Å²) in [5.74, 6) is -0.863. The third-order valence-corrected chi connectivity index (χ3v) is 5.86. The third-order valence-electron chi connectivity index (χ3n) is 5.86. The van der Waals surface area contributed by atoms with Gasteiger partial charge in [0, 0.05) is 0 Å². The number of aryl methyl sites for hydroxylation is 1. The zero-order valence-electron chi connectivity index (χ0n) is 20.3. The summed E-state index contributed by atoms with van der Waals surface area (Å²) < 4.78 is 11.1. The number of nitrogens with two attached hydrogens (primary N) is 1. The number of hydrogen-bond acceptors (Lipinski definition) is 5. The van der Waals surface area contributed by atoms with E-state index >= 15 is 0 Å². The van der Waals surface area contributed by atoms with Gasteiger partial charge in [0.1, 0.15) is 18.8 Å². The quantitative estimate of drug-likeness (QED) is 0.380. The molecule has 1 fully saturated rings. The first-order chi connectivity index (χ1) is 16.8. The third kappa shape index (κ3) is 9.05. The van der Waals surface area contributed by atoms with Gasteiger partial charge in [-0.2, -0.15) is 0 Å². The van der Waals surface area contributed by atoms with Crippen LogP contribution >= 0.6 is 0 Å². The number of primary amides is 1. The number of epoxide rings is 1. The number of hydrogen-bond donors (Lipinski definition) is 3. The zero-order valence-corrected chi connectivity index (χ0v) is 20.3. The highest BCUT2D eigenvalue weighted by Crippen LogP contribution is 2.32. The molecule has 3 unspecified atom stereocenters. The van der Waals surface area contributed by atoms with Gasteiger partial charge in [0.25, 0.3) is 0 Å². The largest absolute Gasteiger partial charge is 0.445 e. The van der Waals surface area contributed by atoms with Crippen LogP contribution in [-0.2, 0) is 32.1 Å². The molecule has 3 rings (SSSR count). The fourth-order valence-corrected chi connectivity index (χ4v) is 4.08. The number of alkyl carbamates (subject to hydrolysis) is 1. The molecule has 1 heterocycles. The van der Waals surface area contributed by atoms with Crippen molar-refractivity contribution in [2.75, 3.05) is 0 Å². The van der Waals surface area contributed by atoms with Crippen LogP contribution in [-0.4, -0.2) is 42.2 Å². The summed E-state index contributed by atoms with van der Waals surface area (Å²) in [6.45, 7) is 4.19. The lowest BCUT2D eigenvalue weighted by molar-refractivity contribution is -0.127. The number of carbonyl (C=O) groups is 3. The minimum Gasteiger partial charge on any atom is -0.445 e. The van der Waals surface area contributed by atoms with Crippen LogP contribution in [0.4, 0.5) is 4.79 Å². The van der Waals surface area contributed by atoms with Crippen molar-refractivity contribution in [2.45, 2.75) is 70.4 Å². The van der Waals surface area contributed by atoms with Crippen LogP contribution in [0, 0.1) is 5.92 Å². The van der Waals surface area contributed by atoms with Crippen molar-refractivity contribution in [1.82, 2.24) is 10.6 Å². The number of amides is 3. The van der Waals surface area contributed by atoms with Crippen LogP contribution in [0.1, 0.15) is 44.2 Å². The van der Waals surface area contributed by atoms with E-state index in [1.807, 2.05) is 48.5 Å². The Morgan fingerprint density at radius 1 is 0.971 bits per heavy atom. The molecule has 0 aromatic heterocycles. The molecule has 1 saturated heterocycles. The van der Waals surface area contributed by atoms with Gasteiger partial charge in [-0.3, -0.25) is 9.59 Å². The van der Waals surface area contributed by atoms with Crippen molar-refractivity contribution in [1.29, 1.82) is 0 Å². The molecule has 8 heteroatoms. The van der Waals surface area contributed by atoms with E-state index in [1.165, 1.54) is 5.56 Å². The molecule has 4 N–H and O–H groups in total. The summed E-state index contributed by atoms with van der Waals surface area (Å²) in [7, 11) is 0. The molecule has 4 atom stereocenters. The molecule has 1 aliphatic heterocycles. The molecule has 0 spiro atoms. The predicted octanol–water partition coefficient (Wildman–Crippen LogP) is 3.09. The predicted molar refractivity (Wildman–Crippen MR) is 132 cm³/mol. The van der Waals surface area contributed by atoms with Crippen molar-refractivity contribution in [3.63, 3.8) is 0 Å². The van der Waals surface area contributed by atoms with E-state index in [-0.39, 0.29) is 31.3 Å². The first kappa shape index (κ1) is 26.2. The van der Waals surface area contributed by atoms with Crippen molar-refractivity contribution in [2.24, 2.45) is 11.7 Å². The topological polar surface area (TPSA) is 123 Å². The van der Waals surface area contributed by atoms with Gasteiger partial charge in [-0.25, -0.2) is 4.79 Å². The van der Waals surface area contributed by atoms with Gasteiger partial charge in [-0.1, -0.05) is 74.5 Å². The molecule has 0 bridgehead atoms. The monoisotopic (exact) mass is 481 g/mol. The minimum atomic E-state index is -1.13. The molecule has 188 valence electrons. The van der Waals surface area contributed by atoms with E-state index < -0.39 is 23.9 Å². The summed E-state index contributed by atoms with van der Waals surface area (Å²) >= 11 is 0. The second-order valence-electron chi connectivity index (χ2n) is 9.34. The smallest absolute Gasteiger partial charge is 0.408 e. The van der Waals surface area contributed by atoms with Gasteiger partial charge in [0.05, 0.1) is 18.6 Å². The molecule has 0 aliphatic carbocycles. The summed E-state index contributed by atoms with van der Waals surface area (Å²) in [4.78, 5) is 36.9. The fourth-order valence-electron chi connectivity index (χ4n) is 4.08. The lowest BCUT2D eigenvalue weighted by atomic mass is 9.97. The Morgan fingerprint density at radius 3 is 2.20 bits per heavy atom. The van der Waals surface area contributed by atoms with Crippen molar-refractivity contribution < 1.29 is 23.9 Å². The van der Waals surface area contributed by atoms with Gasteiger partial charge in [-0.15, -0.1) is 0 Å². The van der Waals surface area contributed by atoms with Gasteiger partial charge in [0.15, 0.2) is 0 Å². The number of ether oxygens (including phenoxy) is 2. The van der Waals surface area contributed by atoms with Crippen molar-refractivity contribution >= 4 is 17.9 Å². The average Bonchev–Trinajstić information content (AvgIpc) is 3.61. The molecular weight excluding hydrogens is 446 g/mol. The first-order valence-corrected chi connectivity index (χ1v) is 12.1. The maximum atomic E-state index is 13.1. The zero-order chi connectivity index (χ0) is 25.2. The molecular formula is C27H35N3O5. The van der Waals surface area contributed by atoms with Crippen LogP contribution < -0.4 is 16.4 Å². The van der Waals surface area contributed by atoms with E-state index in [0.717, 1.165) is 18.4 Å². The van der Waals surface area contributed by atoms with Gasteiger partial charge >= 0.3 is 6.09 Å². The summed E-state index contributed by atoms with van der Waals surface area (Å²) in [5, 5.41) is 5.46. The van der Waals surface area contributed by atoms with E-state index in [4.69, 9.17) is 15.2 Å². The normalized spacial score (nSPS) is 18.4. The summed E-state index contributed by atoms with van der Waals surface area (Å²) in [5.41, 5.74) is 7.39. The highest BCUT2D eigenvalue weighted by molar-refractivity contribution is 5.90.